The van der Waals surface area contributed by atoms with Crippen molar-refractivity contribution in [2.45, 2.75) is 25.3 Å². The third-order valence-electron chi connectivity index (χ3n) is 5.70. The van der Waals surface area contributed by atoms with Crippen molar-refractivity contribution in [2.24, 2.45) is 0 Å². The lowest BCUT2D eigenvalue weighted by Gasteiger charge is -2.27. The molecule has 0 fully saturated rings. The number of ether oxygens (including phenoxy) is 1. The number of hydrogen-bond acceptors (Lipinski definition) is 4. The minimum atomic E-state index is -4.03. The number of rotatable bonds is 9. The molecule has 0 aliphatic heterocycles. The van der Waals surface area contributed by atoms with Gasteiger partial charge in [-0.05, 0) is 67.9 Å². The first-order valence-electron chi connectivity index (χ1n) is 11.8. The van der Waals surface area contributed by atoms with Crippen LogP contribution in [-0.4, -0.2) is 20.9 Å². The van der Waals surface area contributed by atoms with E-state index in [1.807, 2.05) is 19.9 Å². The molecule has 1 amide bonds. The van der Waals surface area contributed by atoms with Crippen LogP contribution in [-0.2, 0) is 16.6 Å². The topological polar surface area (TPSA) is 75.7 Å². The molecule has 6 nitrogen and oxygen atoms in total. The quantitative estimate of drug-likeness (QED) is 0.259. The van der Waals surface area contributed by atoms with Crippen molar-refractivity contribution in [2.75, 3.05) is 16.2 Å². The summed E-state index contributed by atoms with van der Waals surface area (Å²) < 4.78 is 34.8. The summed E-state index contributed by atoms with van der Waals surface area (Å²) in [5.41, 5.74) is 2.62. The molecule has 0 spiro atoms. The second-order valence-corrected chi connectivity index (χ2v) is 10.7. The Morgan fingerprint density at radius 2 is 1.54 bits per heavy atom. The van der Waals surface area contributed by atoms with Gasteiger partial charge in [-0.1, -0.05) is 65.7 Å². The van der Waals surface area contributed by atoms with Gasteiger partial charge in [-0.25, -0.2) is 8.42 Å². The maximum Gasteiger partial charge on any atom is 0.264 e. The van der Waals surface area contributed by atoms with Gasteiger partial charge in [0.2, 0.25) is 0 Å². The summed E-state index contributed by atoms with van der Waals surface area (Å²) in [6.07, 6.45) is 0. The molecule has 37 heavy (non-hydrogen) atoms. The highest BCUT2D eigenvalue weighted by Crippen LogP contribution is 2.31. The molecule has 0 heterocycles. The minimum Gasteiger partial charge on any atom is -0.492 e. The van der Waals surface area contributed by atoms with Crippen LogP contribution in [0.25, 0.3) is 0 Å². The molecule has 8 heteroatoms. The van der Waals surface area contributed by atoms with Crippen molar-refractivity contribution in [3.05, 3.63) is 119 Å². The number of aryl methyl sites for hydroxylation is 1. The molecule has 0 aliphatic rings. The molecule has 4 aromatic rings. The van der Waals surface area contributed by atoms with Crippen LogP contribution in [0, 0.1) is 6.92 Å². The Balaban J connectivity index is 1.78. The second kappa shape index (κ2) is 11.5. The predicted octanol–water partition coefficient (Wildman–Crippen LogP) is 6.69. The van der Waals surface area contributed by atoms with Crippen molar-refractivity contribution in [1.82, 2.24) is 0 Å². The number of nitrogens with zero attached hydrogens (tertiary/aromatic N) is 1. The fourth-order valence-electron chi connectivity index (χ4n) is 3.82. The number of halogens is 1. The maximum atomic E-state index is 13.9. The Morgan fingerprint density at radius 3 is 2.24 bits per heavy atom. The van der Waals surface area contributed by atoms with E-state index < -0.39 is 15.9 Å². The highest BCUT2D eigenvalue weighted by atomic mass is 35.5. The number of nitrogens with one attached hydrogen (secondary N) is 1. The number of para-hydroxylation sites is 3. The van der Waals surface area contributed by atoms with Crippen molar-refractivity contribution in [1.29, 1.82) is 0 Å². The third-order valence-corrected chi connectivity index (χ3v) is 7.73. The zero-order chi connectivity index (χ0) is 26.4. The SMILES string of the molecule is CCOc1ccccc1NC(=O)c1ccccc1N(Cc1ccc(Cl)cc1)S(=O)(=O)c1ccc(C)cc1. The number of amides is 1. The third kappa shape index (κ3) is 6.13. The van der Waals surface area contributed by atoms with Gasteiger partial charge in [0.15, 0.2) is 0 Å². The molecule has 0 atom stereocenters. The van der Waals surface area contributed by atoms with E-state index in [4.69, 9.17) is 16.3 Å². The largest absolute Gasteiger partial charge is 0.492 e. The predicted molar refractivity (Wildman–Crippen MR) is 148 cm³/mol. The van der Waals surface area contributed by atoms with E-state index in [1.54, 1.807) is 91.0 Å². The summed E-state index contributed by atoms with van der Waals surface area (Å²) in [6, 6.07) is 27.3. The first-order chi connectivity index (χ1) is 17.8. The lowest BCUT2D eigenvalue weighted by molar-refractivity contribution is 0.102. The van der Waals surface area contributed by atoms with Crippen LogP contribution < -0.4 is 14.4 Å². The summed E-state index contributed by atoms with van der Waals surface area (Å²) in [5.74, 6) is 0.0732. The standard InChI is InChI=1S/C29H27ClN2O4S/c1-3-36-28-11-7-5-9-26(28)31-29(33)25-8-4-6-10-27(25)32(20-22-14-16-23(30)17-15-22)37(34,35)24-18-12-21(2)13-19-24/h4-19H,3,20H2,1-2H3,(H,31,33). The van der Waals surface area contributed by atoms with Crippen molar-refractivity contribution >= 4 is 38.9 Å². The molecule has 190 valence electrons. The van der Waals surface area contributed by atoms with E-state index in [2.05, 4.69) is 5.32 Å². The average Bonchev–Trinajstić information content (AvgIpc) is 2.90. The van der Waals surface area contributed by atoms with Crippen LogP contribution in [0.4, 0.5) is 11.4 Å². The Bertz CT molecular complexity index is 1490. The normalized spacial score (nSPS) is 11.1. The minimum absolute atomic E-state index is 0.00715. The second-order valence-electron chi connectivity index (χ2n) is 8.35. The van der Waals surface area contributed by atoms with Crippen LogP contribution in [0.5, 0.6) is 5.75 Å². The van der Waals surface area contributed by atoms with E-state index in [1.165, 1.54) is 4.31 Å². The van der Waals surface area contributed by atoms with Gasteiger partial charge in [-0.15, -0.1) is 0 Å². The molecule has 0 aromatic heterocycles. The molecule has 1 N–H and O–H groups in total. The number of sulfonamides is 1. The molecule has 0 radical (unpaired) electrons. The zero-order valence-corrected chi connectivity index (χ0v) is 22.1. The summed E-state index contributed by atoms with van der Waals surface area (Å²) >= 11 is 6.05. The van der Waals surface area contributed by atoms with Crippen molar-refractivity contribution in [3.8, 4) is 5.75 Å². The Labute approximate surface area is 222 Å². The zero-order valence-electron chi connectivity index (χ0n) is 20.5. The average molecular weight is 535 g/mol. The monoisotopic (exact) mass is 534 g/mol. The van der Waals surface area contributed by atoms with E-state index in [9.17, 15) is 13.2 Å². The Hall–Kier alpha value is -3.81. The fraction of sp³-hybridized carbons (Fsp3) is 0.138. The molecule has 4 rings (SSSR count). The van der Waals surface area contributed by atoms with Crippen molar-refractivity contribution in [3.63, 3.8) is 0 Å². The van der Waals surface area contributed by atoms with Gasteiger partial charge >= 0.3 is 0 Å². The van der Waals surface area contributed by atoms with Crippen LogP contribution in [0.15, 0.2) is 102 Å². The van der Waals surface area contributed by atoms with Gasteiger partial charge in [-0.3, -0.25) is 9.10 Å². The lowest BCUT2D eigenvalue weighted by Crippen LogP contribution is -2.32. The first kappa shape index (κ1) is 26.3. The smallest absolute Gasteiger partial charge is 0.264 e. The Morgan fingerprint density at radius 1 is 0.892 bits per heavy atom. The Kier molecular flexibility index (Phi) is 8.16. The molecule has 0 saturated carbocycles. The highest BCUT2D eigenvalue weighted by Gasteiger charge is 2.29. The van der Waals surface area contributed by atoms with Crippen molar-refractivity contribution < 1.29 is 17.9 Å². The molecular weight excluding hydrogens is 508 g/mol. The maximum absolute atomic E-state index is 13.9. The van der Waals surface area contributed by atoms with E-state index in [0.29, 0.717) is 23.1 Å². The number of benzene rings is 4. The molecule has 0 saturated heterocycles. The fourth-order valence-corrected chi connectivity index (χ4v) is 5.41. The van der Waals surface area contributed by atoms with Crippen LogP contribution >= 0.6 is 11.6 Å². The van der Waals surface area contributed by atoms with Gasteiger partial charge in [0.25, 0.3) is 15.9 Å². The summed E-state index contributed by atoms with van der Waals surface area (Å²) in [6.45, 7) is 4.19. The number of carbonyl (C=O) groups excluding carboxylic acids is 1. The van der Waals surface area contributed by atoms with E-state index in [0.717, 1.165) is 11.1 Å². The summed E-state index contributed by atoms with van der Waals surface area (Å²) in [5, 5.41) is 3.42. The van der Waals surface area contributed by atoms with Crippen LogP contribution in [0.1, 0.15) is 28.4 Å². The number of carbonyl (C=O) groups is 1. The van der Waals surface area contributed by atoms with Gasteiger partial charge < -0.3 is 10.1 Å². The highest BCUT2D eigenvalue weighted by molar-refractivity contribution is 7.92. The van der Waals surface area contributed by atoms with Gasteiger partial charge in [0.1, 0.15) is 5.75 Å². The van der Waals surface area contributed by atoms with Crippen LogP contribution in [0.2, 0.25) is 5.02 Å². The van der Waals surface area contributed by atoms with Crippen LogP contribution in [0.3, 0.4) is 0 Å². The molecular formula is C29H27ClN2O4S. The molecule has 0 aliphatic carbocycles. The van der Waals surface area contributed by atoms with E-state index >= 15 is 0 Å². The van der Waals surface area contributed by atoms with Gasteiger partial charge in [-0.2, -0.15) is 0 Å². The molecule has 0 unspecified atom stereocenters. The summed E-state index contributed by atoms with van der Waals surface area (Å²) in [4.78, 5) is 13.6. The summed E-state index contributed by atoms with van der Waals surface area (Å²) in [7, 11) is -4.03. The molecule has 4 aromatic carbocycles. The lowest BCUT2D eigenvalue weighted by atomic mass is 10.1. The number of hydrogen-bond donors (Lipinski definition) is 1. The van der Waals surface area contributed by atoms with E-state index in [-0.39, 0.29) is 22.7 Å². The first-order valence-corrected chi connectivity index (χ1v) is 13.6. The van der Waals surface area contributed by atoms with Gasteiger partial charge in [0.05, 0.1) is 35.0 Å². The molecule has 0 bridgehead atoms. The van der Waals surface area contributed by atoms with Gasteiger partial charge in [0, 0.05) is 5.02 Å². The number of anilines is 2.